The summed E-state index contributed by atoms with van der Waals surface area (Å²) < 4.78 is 5.61. The van der Waals surface area contributed by atoms with Crippen molar-refractivity contribution in [3.63, 3.8) is 0 Å². The molecule has 1 unspecified atom stereocenters. The first kappa shape index (κ1) is 23.0. The highest BCUT2D eigenvalue weighted by Crippen LogP contribution is 2.18. The molecule has 2 amide bonds. The van der Waals surface area contributed by atoms with Crippen LogP contribution in [0.2, 0.25) is 10.0 Å². The summed E-state index contributed by atoms with van der Waals surface area (Å²) in [6.07, 6.45) is 0.485. The van der Waals surface area contributed by atoms with Crippen molar-refractivity contribution < 1.29 is 14.3 Å². The van der Waals surface area contributed by atoms with Gasteiger partial charge in [0.05, 0.1) is 0 Å². The quantitative estimate of drug-likeness (QED) is 0.619. The van der Waals surface area contributed by atoms with Crippen LogP contribution in [0, 0.1) is 0 Å². The molecule has 0 bridgehead atoms. The highest BCUT2D eigenvalue weighted by molar-refractivity contribution is 6.30. The van der Waals surface area contributed by atoms with Gasteiger partial charge in [0.2, 0.25) is 5.91 Å². The van der Waals surface area contributed by atoms with Crippen molar-refractivity contribution in [1.82, 2.24) is 10.2 Å². The van der Waals surface area contributed by atoms with Crippen molar-refractivity contribution >= 4 is 35.0 Å². The molecular weight excluding hydrogens is 411 g/mol. The van der Waals surface area contributed by atoms with Crippen LogP contribution < -0.4 is 10.1 Å². The van der Waals surface area contributed by atoms with E-state index < -0.39 is 6.04 Å². The molecule has 0 fully saturated rings. The Hall–Kier alpha value is -2.24. The number of amides is 2. The molecule has 0 aliphatic heterocycles. The van der Waals surface area contributed by atoms with E-state index >= 15 is 0 Å². The zero-order valence-corrected chi connectivity index (χ0v) is 18.3. The van der Waals surface area contributed by atoms with E-state index in [2.05, 4.69) is 5.32 Å². The minimum Gasteiger partial charge on any atom is -0.484 e. The predicted molar refractivity (Wildman–Crippen MR) is 116 cm³/mol. The number of benzene rings is 2. The molecular formula is C22H26Cl2N2O3. The summed E-state index contributed by atoms with van der Waals surface area (Å²) in [4.78, 5) is 27.3. The zero-order chi connectivity index (χ0) is 21.4. The normalized spacial score (nSPS) is 11.8. The topological polar surface area (TPSA) is 58.6 Å². The Kier molecular flexibility index (Phi) is 8.80. The predicted octanol–water partition coefficient (Wildman–Crippen LogP) is 4.70. The monoisotopic (exact) mass is 436 g/mol. The molecule has 29 heavy (non-hydrogen) atoms. The number of hydrogen-bond acceptors (Lipinski definition) is 3. The van der Waals surface area contributed by atoms with Crippen LogP contribution in [0.5, 0.6) is 5.75 Å². The van der Waals surface area contributed by atoms with Crippen LogP contribution in [0.15, 0.2) is 48.5 Å². The lowest BCUT2D eigenvalue weighted by Gasteiger charge is -2.31. The average molecular weight is 437 g/mol. The third-order valence-corrected chi connectivity index (χ3v) is 4.76. The Morgan fingerprint density at radius 3 is 2.07 bits per heavy atom. The van der Waals surface area contributed by atoms with Crippen LogP contribution in [-0.4, -0.2) is 35.4 Å². The molecule has 0 aliphatic carbocycles. The Morgan fingerprint density at radius 2 is 1.55 bits per heavy atom. The van der Waals surface area contributed by atoms with Gasteiger partial charge in [0.15, 0.2) is 6.61 Å². The lowest BCUT2D eigenvalue weighted by Crippen LogP contribution is -2.51. The van der Waals surface area contributed by atoms with Crippen molar-refractivity contribution in [2.45, 2.75) is 45.8 Å². The van der Waals surface area contributed by atoms with E-state index in [1.54, 1.807) is 41.3 Å². The van der Waals surface area contributed by atoms with Crippen LogP contribution >= 0.6 is 23.2 Å². The Labute approximate surface area is 181 Å². The molecule has 1 atom stereocenters. The fraction of sp³-hybridized carbons (Fsp3) is 0.364. The summed E-state index contributed by atoms with van der Waals surface area (Å²) in [5, 5.41) is 4.10. The number of carbonyl (C=O) groups is 2. The average Bonchev–Trinajstić information content (AvgIpc) is 2.68. The standard InChI is InChI=1S/C22H26Cl2N2O3/c1-4-20(22(28)25-15(2)3)26(13-16-5-7-17(23)8-6-16)21(27)14-29-19-11-9-18(24)10-12-19/h5-12,15,20H,4,13-14H2,1-3H3,(H,25,28). The maximum atomic E-state index is 13.0. The molecule has 7 heteroatoms. The van der Waals surface area contributed by atoms with Gasteiger partial charge in [-0.3, -0.25) is 9.59 Å². The van der Waals surface area contributed by atoms with E-state index in [4.69, 9.17) is 27.9 Å². The Morgan fingerprint density at radius 1 is 1.00 bits per heavy atom. The second-order valence-corrected chi connectivity index (χ2v) is 7.85. The lowest BCUT2D eigenvalue weighted by molar-refractivity contribution is -0.143. The fourth-order valence-corrected chi connectivity index (χ4v) is 3.10. The number of ether oxygens (including phenoxy) is 1. The van der Waals surface area contributed by atoms with E-state index in [9.17, 15) is 9.59 Å². The molecule has 0 aliphatic rings. The van der Waals surface area contributed by atoms with Gasteiger partial charge in [-0.05, 0) is 62.2 Å². The van der Waals surface area contributed by atoms with Gasteiger partial charge in [0.25, 0.3) is 5.91 Å². The number of carbonyl (C=O) groups excluding carboxylic acids is 2. The zero-order valence-electron chi connectivity index (χ0n) is 16.8. The van der Waals surface area contributed by atoms with E-state index in [1.165, 1.54) is 0 Å². The summed E-state index contributed by atoms with van der Waals surface area (Å²) in [6, 6.07) is 13.4. The molecule has 2 rings (SSSR count). The molecule has 5 nitrogen and oxygen atoms in total. The molecule has 156 valence electrons. The summed E-state index contributed by atoms with van der Waals surface area (Å²) in [6.45, 7) is 5.76. The first-order valence-electron chi connectivity index (χ1n) is 9.52. The molecule has 0 spiro atoms. The molecule has 0 saturated heterocycles. The number of nitrogens with zero attached hydrogens (tertiary/aromatic N) is 1. The maximum absolute atomic E-state index is 13.0. The fourth-order valence-electron chi connectivity index (χ4n) is 2.85. The molecule has 0 radical (unpaired) electrons. The van der Waals surface area contributed by atoms with Gasteiger partial charge >= 0.3 is 0 Å². The van der Waals surface area contributed by atoms with Crippen molar-refractivity contribution in [3.8, 4) is 5.75 Å². The minimum absolute atomic E-state index is 0.0191. The summed E-state index contributed by atoms with van der Waals surface area (Å²) in [7, 11) is 0. The smallest absolute Gasteiger partial charge is 0.261 e. The van der Waals surface area contributed by atoms with Gasteiger partial charge in [-0.1, -0.05) is 42.3 Å². The summed E-state index contributed by atoms with van der Waals surface area (Å²) >= 11 is 11.8. The van der Waals surface area contributed by atoms with Gasteiger partial charge in [0, 0.05) is 22.6 Å². The molecule has 0 heterocycles. The number of halogens is 2. The second-order valence-electron chi connectivity index (χ2n) is 6.98. The highest BCUT2D eigenvalue weighted by Gasteiger charge is 2.29. The number of nitrogens with one attached hydrogen (secondary N) is 1. The van der Waals surface area contributed by atoms with E-state index in [-0.39, 0.29) is 31.0 Å². The van der Waals surface area contributed by atoms with E-state index in [0.717, 1.165) is 5.56 Å². The molecule has 2 aromatic carbocycles. The largest absolute Gasteiger partial charge is 0.484 e. The molecule has 1 N–H and O–H groups in total. The van der Waals surface area contributed by atoms with Gasteiger partial charge in [0.1, 0.15) is 11.8 Å². The van der Waals surface area contributed by atoms with Gasteiger partial charge < -0.3 is 15.0 Å². The van der Waals surface area contributed by atoms with Crippen LogP contribution in [0.4, 0.5) is 0 Å². The van der Waals surface area contributed by atoms with Gasteiger partial charge in [-0.15, -0.1) is 0 Å². The minimum atomic E-state index is -0.602. The van der Waals surface area contributed by atoms with Crippen molar-refractivity contribution in [1.29, 1.82) is 0 Å². The van der Waals surface area contributed by atoms with Crippen LogP contribution in [0.3, 0.4) is 0 Å². The van der Waals surface area contributed by atoms with Gasteiger partial charge in [-0.25, -0.2) is 0 Å². The molecule has 0 saturated carbocycles. The first-order chi connectivity index (χ1) is 13.8. The SMILES string of the molecule is CCC(C(=O)NC(C)C)N(Cc1ccc(Cl)cc1)C(=O)COc1ccc(Cl)cc1. The highest BCUT2D eigenvalue weighted by atomic mass is 35.5. The van der Waals surface area contributed by atoms with Crippen molar-refractivity contribution in [2.75, 3.05) is 6.61 Å². The molecule has 2 aromatic rings. The lowest BCUT2D eigenvalue weighted by atomic mass is 10.1. The number of hydrogen-bond donors (Lipinski definition) is 1. The third kappa shape index (κ3) is 7.26. The molecule has 0 aromatic heterocycles. The number of rotatable bonds is 9. The van der Waals surface area contributed by atoms with E-state index in [1.807, 2.05) is 32.9 Å². The van der Waals surface area contributed by atoms with Crippen LogP contribution in [0.1, 0.15) is 32.8 Å². The van der Waals surface area contributed by atoms with Gasteiger partial charge in [-0.2, -0.15) is 0 Å². The van der Waals surface area contributed by atoms with Crippen molar-refractivity contribution in [2.24, 2.45) is 0 Å². The Bertz CT molecular complexity index is 808. The van der Waals surface area contributed by atoms with E-state index in [0.29, 0.717) is 22.2 Å². The second kappa shape index (κ2) is 11.1. The van der Waals surface area contributed by atoms with Crippen LogP contribution in [-0.2, 0) is 16.1 Å². The Balaban J connectivity index is 2.18. The maximum Gasteiger partial charge on any atom is 0.261 e. The van der Waals surface area contributed by atoms with Crippen LogP contribution in [0.25, 0.3) is 0 Å². The summed E-state index contributed by atoms with van der Waals surface area (Å²) in [5.41, 5.74) is 0.880. The first-order valence-corrected chi connectivity index (χ1v) is 10.3. The van der Waals surface area contributed by atoms with Crippen molar-refractivity contribution in [3.05, 3.63) is 64.1 Å². The third-order valence-electron chi connectivity index (χ3n) is 4.26. The summed E-state index contributed by atoms with van der Waals surface area (Å²) in [5.74, 6) is 0.0748.